The molecule has 11 nitrogen and oxygen atoms in total. The van der Waals surface area contributed by atoms with Gasteiger partial charge in [-0.3, -0.25) is 9.80 Å². The summed E-state index contributed by atoms with van der Waals surface area (Å²) < 4.78 is 15.3. The average Bonchev–Trinajstić information content (AvgIpc) is 2.77. The van der Waals surface area contributed by atoms with Gasteiger partial charge in [0.1, 0.15) is 23.3 Å². The summed E-state index contributed by atoms with van der Waals surface area (Å²) >= 11 is 0. The Morgan fingerprint density at radius 2 is 1.11 bits per heavy atom. The molecule has 2 aliphatic rings. The van der Waals surface area contributed by atoms with E-state index in [0.29, 0.717) is 37.8 Å². The molecule has 4 atom stereocenters. The van der Waals surface area contributed by atoms with Crippen LogP contribution >= 0.6 is 0 Å². The second-order valence-electron chi connectivity index (χ2n) is 11.5. The molecule has 0 aromatic carbocycles. The van der Waals surface area contributed by atoms with Crippen LogP contribution in [0.4, 0.5) is 9.59 Å². The van der Waals surface area contributed by atoms with Crippen LogP contribution in [0.3, 0.4) is 0 Å². The number of carbonyl (C=O) groups is 4. The topological polar surface area (TPSA) is 146 Å². The normalized spacial score (nSPS) is 23.2. The van der Waals surface area contributed by atoms with Crippen molar-refractivity contribution in [2.24, 2.45) is 11.8 Å². The van der Waals surface area contributed by atoms with Crippen LogP contribution in [0.1, 0.15) is 81.1 Å². The van der Waals surface area contributed by atoms with E-state index in [2.05, 4.69) is 6.92 Å². The minimum atomic E-state index is -0.956. The fraction of sp³-hybridized carbons (Fsp3) is 0.846. The maximum absolute atomic E-state index is 12.0. The van der Waals surface area contributed by atoms with Crippen LogP contribution in [0, 0.1) is 11.8 Å². The Bertz CT molecular complexity index is 765. The fourth-order valence-corrected chi connectivity index (χ4v) is 3.95. The molecule has 0 aromatic rings. The molecule has 0 radical (unpaired) electrons. The van der Waals surface area contributed by atoms with Gasteiger partial charge in [-0.15, -0.1) is 0 Å². The number of nitrogens with zero attached hydrogens (tertiary/aromatic N) is 2. The van der Waals surface area contributed by atoms with E-state index in [1.54, 1.807) is 20.8 Å². The van der Waals surface area contributed by atoms with Gasteiger partial charge >= 0.3 is 53.7 Å². The molecule has 0 spiro atoms. The van der Waals surface area contributed by atoms with E-state index >= 15 is 0 Å². The number of ether oxygens (including phenoxy) is 3. The molecule has 2 aliphatic heterocycles. The number of piperidine rings is 2. The Morgan fingerprint density at radius 1 is 0.763 bits per heavy atom. The molecule has 2 rings (SSSR count). The van der Waals surface area contributed by atoms with Crippen molar-refractivity contribution in [3.8, 4) is 0 Å². The standard InChI is InChI=1S/C13H23NO4.C12H21NO4.CH3O.Na/c1-9-6-7-14(10(8-9)11(15)17-5)12(16)18-13(2,3)4;1-8-5-6-13(9(7-8)10(14)15)11(16)17-12(2,3)4;1-2;/h9-10H,6-8H2,1-5H3;8-9H,5-7H2,1-4H3,(H,14,15);1H3;/q;;-1;+1/t9-,10-;;;/m1.../s1. The zero-order chi connectivity index (χ0) is 29.1. The van der Waals surface area contributed by atoms with Gasteiger partial charge in [0, 0.05) is 13.1 Å². The van der Waals surface area contributed by atoms with Crippen LogP contribution in [0.25, 0.3) is 0 Å². The Balaban J connectivity index is 0. The molecule has 2 fully saturated rings. The number of hydrogen-bond donors (Lipinski definition) is 1. The predicted octanol–water partition coefficient (Wildman–Crippen LogP) is 0.282. The number of aliphatic carboxylic acids is 1. The van der Waals surface area contributed by atoms with Crippen molar-refractivity contribution in [2.75, 3.05) is 27.3 Å². The molecular weight excluding hydrogens is 507 g/mol. The van der Waals surface area contributed by atoms with E-state index < -0.39 is 41.4 Å². The summed E-state index contributed by atoms with van der Waals surface area (Å²) in [6, 6.07) is -1.28. The third-order valence-electron chi connectivity index (χ3n) is 5.74. The van der Waals surface area contributed by atoms with Gasteiger partial charge in [0.2, 0.25) is 0 Å². The van der Waals surface area contributed by atoms with Crippen LogP contribution in [0.2, 0.25) is 0 Å². The molecule has 38 heavy (non-hydrogen) atoms. The minimum Gasteiger partial charge on any atom is -0.857 e. The smallest absolute Gasteiger partial charge is 0.857 e. The van der Waals surface area contributed by atoms with E-state index in [1.807, 2.05) is 27.7 Å². The van der Waals surface area contributed by atoms with Gasteiger partial charge in [0.15, 0.2) is 0 Å². The third-order valence-corrected chi connectivity index (χ3v) is 5.74. The Morgan fingerprint density at radius 3 is 1.42 bits per heavy atom. The van der Waals surface area contributed by atoms with Crippen LogP contribution in [-0.4, -0.2) is 89.6 Å². The molecule has 1 N–H and O–H groups in total. The first-order valence-corrected chi connectivity index (χ1v) is 12.7. The molecule has 2 saturated heterocycles. The van der Waals surface area contributed by atoms with Crippen molar-refractivity contribution >= 4 is 24.1 Å². The van der Waals surface area contributed by atoms with Gasteiger partial charge in [0.25, 0.3) is 0 Å². The van der Waals surface area contributed by atoms with Gasteiger partial charge in [-0.05, 0) is 79.1 Å². The first-order valence-electron chi connectivity index (χ1n) is 12.7. The van der Waals surface area contributed by atoms with Crippen molar-refractivity contribution in [3.05, 3.63) is 0 Å². The number of amides is 2. The first-order chi connectivity index (χ1) is 16.9. The molecule has 2 amide bonds. The number of methoxy groups -OCH3 is 1. The number of likely N-dealkylation sites (tertiary alicyclic amines) is 2. The summed E-state index contributed by atoms with van der Waals surface area (Å²) in [6.45, 7) is 15.8. The number of carboxylic acids is 1. The Labute approximate surface area is 249 Å². The summed E-state index contributed by atoms with van der Waals surface area (Å²) in [6.07, 6.45) is 1.86. The van der Waals surface area contributed by atoms with E-state index in [0.717, 1.165) is 20.0 Å². The molecule has 2 unspecified atom stereocenters. The van der Waals surface area contributed by atoms with Gasteiger partial charge < -0.3 is 24.4 Å². The molecule has 0 saturated carbocycles. The van der Waals surface area contributed by atoms with Gasteiger partial charge in [-0.25, -0.2) is 19.2 Å². The minimum absolute atomic E-state index is 0. The molecule has 0 bridgehead atoms. The van der Waals surface area contributed by atoms with Crippen molar-refractivity contribution in [1.29, 1.82) is 0 Å². The molecule has 12 heteroatoms. The summed E-state index contributed by atoms with van der Waals surface area (Å²) in [5, 5.41) is 17.4. The zero-order valence-electron chi connectivity index (χ0n) is 25.2. The van der Waals surface area contributed by atoms with Crippen LogP contribution in [0.5, 0.6) is 0 Å². The van der Waals surface area contributed by atoms with E-state index in [9.17, 15) is 19.2 Å². The molecule has 0 aromatic heterocycles. The number of rotatable bonds is 2. The van der Waals surface area contributed by atoms with Crippen molar-refractivity contribution in [3.63, 3.8) is 0 Å². The quantitative estimate of drug-likeness (QED) is 0.289. The van der Waals surface area contributed by atoms with Crippen molar-refractivity contribution < 1.29 is 73.2 Å². The maximum Gasteiger partial charge on any atom is 1.00 e. The summed E-state index contributed by atoms with van der Waals surface area (Å²) in [4.78, 5) is 49.6. The summed E-state index contributed by atoms with van der Waals surface area (Å²) in [5.74, 6) is -0.586. The van der Waals surface area contributed by atoms with Gasteiger partial charge in [-0.2, -0.15) is 7.11 Å². The number of esters is 1. The number of hydrogen-bond acceptors (Lipinski definition) is 8. The number of carbonyl (C=O) groups excluding carboxylic acids is 3. The maximum atomic E-state index is 12.0. The first kappa shape index (κ1) is 38.6. The fourth-order valence-electron chi connectivity index (χ4n) is 3.95. The predicted molar refractivity (Wildman–Crippen MR) is 136 cm³/mol. The van der Waals surface area contributed by atoms with E-state index in [4.69, 9.17) is 24.4 Å². The molecule has 216 valence electrons. The summed E-state index contributed by atoms with van der Waals surface area (Å²) in [5.41, 5.74) is -1.15. The van der Waals surface area contributed by atoms with Crippen molar-refractivity contribution in [2.45, 2.75) is 104 Å². The second kappa shape index (κ2) is 17.2. The van der Waals surface area contributed by atoms with E-state index in [-0.39, 0.29) is 35.5 Å². The SMILES string of the molecule is CC1CCN(C(=O)OC(C)(C)C)C(C(=O)O)C1.COC(=O)[C@H]1C[C@H](C)CCN1C(=O)OC(C)(C)C.C[O-].[Na+]. The Kier molecular flexibility index (Phi) is 17.5. The van der Waals surface area contributed by atoms with Crippen LogP contribution < -0.4 is 34.7 Å². The largest absolute Gasteiger partial charge is 1.00 e. The van der Waals surface area contributed by atoms with Gasteiger partial charge in [-0.1, -0.05) is 13.8 Å². The average molecular weight is 555 g/mol. The number of carboxylic acid groups (broad SMARTS) is 1. The molecular formula is C26H47N2NaO9. The molecule has 0 aliphatic carbocycles. The monoisotopic (exact) mass is 554 g/mol. The second-order valence-corrected chi connectivity index (χ2v) is 11.5. The molecule has 2 heterocycles. The van der Waals surface area contributed by atoms with E-state index in [1.165, 1.54) is 16.9 Å². The van der Waals surface area contributed by atoms with Gasteiger partial charge in [0.05, 0.1) is 7.11 Å². The van der Waals surface area contributed by atoms with Crippen LogP contribution in [-0.2, 0) is 23.8 Å². The van der Waals surface area contributed by atoms with Crippen LogP contribution in [0.15, 0.2) is 0 Å². The summed E-state index contributed by atoms with van der Waals surface area (Å²) in [7, 11) is 2.09. The third kappa shape index (κ3) is 14.0. The zero-order valence-corrected chi connectivity index (χ0v) is 27.2. The van der Waals surface area contributed by atoms with Crippen molar-refractivity contribution in [1.82, 2.24) is 9.80 Å². The Hall–Kier alpha value is -1.56.